The second kappa shape index (κ2) is 7.53. The van der Waals surface area contributed by atoms with Crippen molar-refractivity contribution in [3.05, 3.63) is 53.8 Å². The van der Waals surface area contributed by atoms with Crippen molar-refractivity contribution in [2.45, 2.75) is 32.0 Å². The number of ether oxygens (including phenoxy) is 1. The maximum atomic E-state index is 5.89. The average molecular weight is 313 g/mol. The van der Waals surface area contributed by atoms with Crippen LogP contribution >= 0.6 is 0 Å². The maximum Gasteiger partial charge on any atom is 0.246 e. The molecule has 1 aromatic heterocycles. The molecule has 0 bridgehead atoms. The molecule has 0 radical (unpaired) electrons. The van der Waals surface area contributed by atoms with Gasteiger partial charge in [-0.3, -0.25) is 0 Å². The Morgan fingerprint density at radius 3 is 2.83 bits per heavy atom. The van der Waals surface area contributed by atoms with Gasteiger partial charge in [-0.1, -0.05) is 42.5 Å². The van der Waals surface area contributed by atoms with Gasteiger partial charge in [0.25, 0.3) is 0 Å². The minimum Gasteiger partial charge on any atom is -0.422 e. The summed E-state index contributed by atoms with van der Waals surface area (Å²) in [5, 5.41) is 8.29. The van der Waals surface area contributed by atoms with Crippen LogP contribution in [0.5, 0.6) is 0 Å². The third-order valence-electron chi connectivity index (χ3n) is 3.84. The minimum absolute atomic E-state index is 0.120. The fraction of sp³-hybridized carbons (Fsp3) is 0.444. The molecule has 1 aliphatic heterocycles. The van der Waals surface area contributed by atoms with E-state index in [2.05, 4.69) is 53.4 Å². The fourth-order valence-corrected chi connectivity index (χ4v) is 2.79. The molecule has 122 valence electrons. The molecule has 2 atom stereocenters. The summed E-state index contributed by atoms with van der Waals surface area (Å²) in [4.78, 5) is 2.23. The number of allylic oxidation sites excluding steroid dienone is 1. The second-order valence-corrected chi connectivity index (χ2v) is 6.04. The molecule has 0 unspecified atom stereocenters. The predicted molar refractivity (Wildman–Crippen MR) is 88.9 cm³/mol. The van der Waals surface area contributed by atoms with Gasteiger partial charge in [0.05, 0.1) is 6.10 Å². The lowest BCUT2D eigenvalue weighted by molar-refractivity contribution is -0.0825. The van der Waals surface area contributed by atoms with Crippen LogP contribution in [-0.2, 0) is 11.2 Å². The Hall–Kier alpha value is -1.98. The topological polar surface area (TPSA) is 51.4 Å². The highest BCUT2D eigenvalue weighted by molar-refractivity contribution is 5.48. The summed E-state index contributed by atoms with van der Waals surface area (Å²) in [5.41, 5.74) is 1.20. The number of nitrogens with zero attached hydrogens (tertiary/aromatic N) is 3. The Bertz CT molecular complexity index is 629. The highest BCUT2D eigenvalue weighted by Gasteiger charge is 2.28. The summed E-state index contributed by atoms with van der Waals surface area (Å²) >= 11 is 0. The van der Waals surface area contributed by atoms with E-state index in [1.807, 2.05) is 18.2 Å². The summed E-state index contributed by atoms with van der Waals surface area (Å²) in [6.07, 6.45) is 5.92. The Labute approximate surface area is 137 Å². The first-order chi connectivity index (χ1) is 11.2. The molecule has 1 fully saturated rings. The molecule has 23 heavy (non-hydrogen) atoms. The zero-order chi connectivity index (χ0) is 16.1. The molecule has 0 spiro atoms. The lowest BCUT2D eigenvalue weighted by Gasteiger charge is -2.32. The third kappa shape index (κ3) is 4.50. The van der Waals surface area contributed by atoms with Gasteiger partial charge in [-0.15, -0.1) is 10.2 Å². The van der Waals surface area contributed by atoms with E-state index in [4.69, 9.17) is 9.15 Å². The summed E-state index contributed by atoms with van der Waals surface area (Å²) in [6.45, 7) is 3.79. The average Bonchev–Trinajstić information content (AvgIpc) is 3.01. The van der Waals surface area contributed by atoms with Crippen LogP contribution in [-0.4, -0.2) is 41.3 Å². The van der Waals surface area contributed by atoms with Gasteiger partial charge in [0.1, 0.15) is 6.10 Å². The van der Waals surface area contributed by atoms with Gasteiger partial charge in [-0.05, 0) is 26.0 Å². The fourth-order valence-electron chi connectivity index (χ4n) is 2.79. The van der Waals surface area contributed by atoms with Gasteiger partial charge in [-0.2, -0.15) is 0 Å². The Balaban J connectivity index is 1.52. The normalized spacial score (nSPS) is 22.7. The monoisotopic (exact) mass is 313 g/mol. The molecule has 5 nitrogen and oxygen atoms in total. The number of morpholine rings is 1. The molecule has 0 aliphatic carbocycles. The highest BCUT2D eigenvalue weighted by Crippen LogP contribution is 2.23. The zero-order valence-electron chi connectivity index (χ0n) is 13.7. The van der Waals surface area contributed by atoms with Crippen LogP contribution in [0.4, 0.5) is 0 Å². The summed E-state index contributed by atoms with van der Waals surface area (Å²) in [6, 6.07) is 10.2. The van der Waals surface area contributed by atoms with Crippen molar-refractivity contribution in [3.8, 4) is 0 Å². The number of likely N-dealkylation sites (N-methyl/N-ethyl adjacent to an activating group) is 1. The number of rotatable bonds is 5. The van der Waals surface area contributed by atoms with Crippen LogP contribution in [0, 0.1) is 0 Å². The van der Waals surface area contributed by atoms with Gasteiger partial charge in [-0.25, -0.2) is 0 Å². The van der Waals surface area contributed by atoms with Crippen LogP contribution in [0.3, 0.4) is 0 Å². The first kappa shape index (κ1) is 15.9. The van der Waals surface area contributed by atoms with Crippen LogP contribution < -0.4 is 0 Å². The minimum atomic E-state index is -0.120. The van der Waals surface area contributed by atoms with Crippen LogP contribution in [0.2, 0.25) is 0 Å². The summed E-state index contributed by atoms with van der Waals surface area (Å²) < 4.78 is 11.7. The molecule has 5 heteroatoms. The van der Waals surface area contributed by atoms with Crippen LogP contribution in [0.15, 0.2) is 40.8 Å². The molecular formula is C18H23N3O2. The van der Waals surface area contributed by atoms with E-state index in [-0.39, 0.29) is 12.2 Å². The van der Waals surface area contributed by atoms with Gasteiger partial charge in [0, 0.05) is 19.5 Å². The molecule has 0 N–H and O–H groups in total. The quantitative estimate of drug-likeness (QED) is 0.849. The Morgan fingerprint density at radius 1 is 1.22 bits per heavy atom. The molecular weight excluding hydrogens is 290 g/mol. The molecule has 3 rings (SSSR count). The number of hydrogen-bond acceptors (Lipinski definition) is 5. The van der Waals surface area contributed by atoms with Crippen molar-refractivity contribution in [1.29, 1.82) is 0 Å². The Morgan fingerprint density at radius 2 is 2.04 bits per heavy atom. The predicted octanol–water partition coefficient (Wildman–Crippen LogP) is 3.11. The van der Waals surface area contributed by atoms with E-state index in [0.29, 0.717) is 11.8 Å². The number of hydrogen-bond donors (Lipinski definition) is 0. The number of benzene rings is 1. The largest absolute Gasteiger partial charge is 0.422 e. The molecule has 2 aromatic rings. The van der Waals surface area contributed by atoms with E-state index in [0.717, 1.165) is 25.9 Å². The molecule has 0 saturated carbocycles. The van der Waals surface area contributed by atoms with Crippen molar-refractivity contribution < 1.29 is 9.15 Å². The van der Waals surface area contributed by atoms with Gasteiger partial charge >= 0.3 is 0 Å². The van der Waals surface area contributed by atoms with Crippen molar-refractivity contribution in [2.24, 2.45) is 0 Å². The van der Waals surface area contributed by atoms with Gasteiger partial charge in [0.15, 0.2) is 0 Å². The third-order valence-corrected chi connectivity index (χ3v) is 3.84. The molecule has 0 amide bonds. The smallest absolute Gasteiger partial charge is 0.246 e. The maximum absolute atomic E-state index is 5.89. The standard InChI is InChI=1S/C18H23N3O2/c1-14-12-21(2)13-16(22-14)18-20-19-17(23-18)11-7-6-10-15-8-4-3-5-9-15/h3-6,8-10,14,16H,7,11-13H2,1-2H3/b10-6+/t14-,16-/m1/s1. The van der Waals surface area contributed by atoms with Crippen LogP contribution in [0.25, 0.3) is 6.08 Å². The molecule has 1 aromatic carbocycles. The molecule has 1 aliphatic rings. The van der Waals surface area contributed by atoms with Gasteiger partial charge < -0.3 is 14.1 Å². The van der Waals surface area contributed by atoms with E-state index in [1.54, 1.807) is 0 Å². The lowest BCUT2D eigenvalue weighted by Crippen LogP contribution is -2.40. The summed E-state index contributed by atoms with van der Waals surface area (Å²) in [5.74, 6) is 1.26. The van der Waals surface area contributed by atoms with Crippen molar-refractivity contribution >= 4 is 6.08 Å². The van der Waals surface area contributed by atoms with E-state index >= 15 is 0 Å². The molecule has 1 saturated heterocycles. The first-order valence-corrected chi connectivity index (χ1v) is 8.08. The van der Waals surface area contributed by atoms with Crippen molar-refractivity contribution in [1.82, 2.24) is 15.1 Å². The van der Waals surface area contributed by atoms with E-state index < -0.39 is 0 Å². The number of aryl methyl sites for hydroxylation is 1. The highest BCUT2D eigenvalue weighted by atomic mass is 16.5. The molecule has 2 heterocycles. The van der Waals surface area contributed by atoms with Crippen LogP contribution in [0.1, 0.15) is 36.8 Å². The number of aromatic nitrogens is 2. The summed E-state index contributed by atoms with van der Waals surface area (Å²) in [7, 11) is 2.08. The first-order valence-electron chi connectivity index (χ1n) is 8.08. The van der Waals surface area contributed by atoms with E-state index in [1.165, 1.54) is 5.56 Å². The zero-order valence-corrected chi connectivity index (χ0v) is 13.7. The SMILES string of the molecule is C[C@@H]1CN(C)C[C@H](c2nnc(CC/C=C/c3ccccc3)o2)O1. The lowest BCUT2D eigenvalue weighted by atomic mass is 10.2. The second-order valence-electron chi connectivity index (χ2n) is 6.04. The Kier molecular flexibility index (Phi) is 5.20. The van der Waals surface area contributed by atoms with Crippen molar-refractivity contribution in [3.63, 3.8) is 0 Å². The van der Waals surface area contributed by atoms with E-state index in [9.17, 15) is 0 Å². The van der Waals surface area contributed by atoms with Crippen molar-refractivity contribution in [2.75, 3.05) is 20.1 Å². The van der Waals surface area contributed by atoms with Gasteiger partial charge in [0.2, 0.25) is 11.8 Å².